The molecule has 0 aliphatic heterocycles. The highest BCUT2D eigenvalue weighted by Gasteiger charge is 2.14. The molecule has 0 unspecified atom stereocenters. The van der Waals surface area contributed by atoms with E-state index in [0.717, 1.165) is 31.3 Å². The van der Waals surface area contributed by atoms with E-state index < -0.39 is 0 Å². The molecule has 1 aliphatic rings. The second-order valence-electron chi connectivity index (χ2n) is 6.27. The minimum Gasteiger partial charge on any atom is -0.394 e. The maximum absolute atomic E-state index is 8.74. The Hall–Kier alpha value is -1.67. The number of aliphatic hydroxyl groups is 1. The number of aliphatic imine (C=N–C) groups is 1. The zero-order valence-corrected chi connectivity index (χ0v) is 15.3. The van der Waals surface area contributed by atoms with Crippen LogP contribution < -0.4 is 10.6 Å². The summed E-state index contributed by atoms with van der Waals surface area (Å²) in [4.78, 5) is 4.60. The summed E-state index contributed by atoms with van der Waals surface area (Å²) in [6.45, 7) is 5.16. The second-order valence-corrected chi connectivity index (χ2v) is 6.27. The molecule has 1 aromatic rings. The molecule has 1 heterocycles. The maximum Gasteiger partial charge on any atom is 0.191 e. The van der Waals surface area contributed by atoms with E-state index in [1.54, 1.807) is 6.33 Å². The van der Waals surface area contributed by atoms with Gasteiger partial charge in [0.2, 0.25) is 0 Å². The van der Waals surface area contributed by atoms with Crippen molar-refractivity contribution in [1.29, 1.82) is 0 Å². The van der Waals surface area contributed by atoms with Crippen molar-refractivity contribution in [3.8, 4) is 0 Å². The highest BCUT2D eigenvalue weighted by Crippen LogP contribution is 2.17. The molecule has 142 valence electrons. The third-order valence-electron chi connectivity index (χ3n) is 4.34. The van der Waals surface area contributed by atoms with Crippen molar-refractivity contribution in [1.82, 2.24) is 25.4 Å². The smallest absolute Gasteiger partial charge is 0.191 e. The SMILES string of the molecule is CCc1nncn1CCNC(=NCCOCCO)NC1CCCCC1. The average molecular weight is 352 g/mol. The number of rotatable bonds is 10. The Bertz CT molecular complexity index is 499. The van der Waals surface area contributed by atoms with Crippen LogP contribution in [-0.4, -0.2) is 64.8 Å². The molecule has 1 saturated carbocycles. The van der Waals surface area contributed by atoms with Gasteiger partial charge >= 0.3 is 0 Å². The van der Waals surface area contributed by atoms with Gasteiger partial charge in [0, 0.05) is 25.6 Å². The van der Waals surface area contributed by atoms with Gasteiger partial charge in [0.05, 0.1) is 26.4 Å². The van der Waals surface area contributed by atoms with Gasteiger partial charge in [0.1, 0.15) is 12.2 Å². The molecule has 0 radical (unpaired) electrons. The van der Waals surface area contributed by atoms with Gasteiger partial charge in [-0.05, 0) is 12.8 Å². The lowest BCUT2D eigenvalue weighted by molar-refractivity contribution is 0.0977. The van der Waals surface area contributed by atoms with Gasteiger partial charge in [-0.3, -0.25) is 4.99 Å². The van der Waals surface area contributed by atoms with Gasteiger partial charge in [-0.15, -0.1) is 10.2 Å². The predicted octanol–water partition coefficient (Wildman–Crippen LogP) is 0.717. The Kier molecular flexibility index (Phi) is 9.28. The molecule has 3 N–H and O–H groups in total. The minimum atomic E-state index is 0.0495. The molecular formula is C17H32N6O2. The van der Waals surface area contributed by atoms with Gasteiger partial charge < -0.3 is 25.0 Å². The highest BCUT2D eigenvalue weighted by molar-refractivity contribution is 5.80. The molecule has 8 heteroatoms. The molecule has 25 heavy (non-hydrogen) atoms. The number of nitrogens with zero attached hydrogens (tertiary/aromatic N) is 4. The molecule has 1 fully saturated rings. The van der Waals surface area contributed by atoms with E-state index in [1.807, 2.05) is 0 Å². The largest absolute Gasteiger partial charge is 0.394 e. The van der Waals surface area contributed by atoms with Crippen molar-refractivity contribution in [2.75, 3.05) is 32.9 Å². The van der Waals surface area contributed by atoms with Crippen LogP contribution in [0.25, 0.3) is 0 Å². The van der Waals surface area contributed by atoms with Crippen molar-refractivity contribution in [3.05, 3.63) is 12.2 Å². The van der Waals surface area contributed by atoms with E-state index in [4.69, 9.17) is 9.84 Å². The van der Waals surface area contributed by atoms with Crippen LogP contribution in [0.15, 0.2) is 11.3 Å². The fourth-order valence-corrected chi connectivity index (χ4v) is 3.02. The van der Waals surface area contributed by atoms with Gasteiger partial charge in [-0.25, -0.2) is 0 Å². The summed E-state index contributed by atoms with van der Waals surface area (Å²) >= 11 is 0. The van der Waals surface area contributed by atoms with E-state index >= 15 is 0 Å². The van der Waals surface area contributed by atoms with Gasteiger partial charge in [-0.1, -0.05) is 26.2 Å². The Morgan fingerprint density at radius 1 is 1.36 bits per heavy atom. The molecule has 0 saturated heterocycles. The van der Waals surface area contributed by atoms with Crippen LogP contribution in [0.4, 0.5) is 0 Å². The standard InChI is InChI=1S/C17H32N6O2/c1-2-16-22-20-14-23(16)10-8-18-17(19-9-12-25-13-11-24)21-15-6-4-3-5-7-15/h14-15,24H,2-13H2,1H3,(H2,18,19,21). The normalized spacial score (nSPS) is 16.2. The summed E-state index contributed by atoms with van der Waals surface area (Å²) < 4.78 is 7.35. The molecule has 0 amide bonds. The number of guanidine groups is 1. The lowest BCUT2D eigenvalue weighted by Crippen LogP contribution is -2.45. The first-order valence-corrected chi connectivity index (χ1v) is 9.43. The molecule has 0 bridgehead atoms. The third-order valence-corrected chi connectivity index (χ3v) is 4.34. The minimum absolute atomic E-state index is 0.0495. The number of hydrogen-bond donors (Lipinski definition) is 3. The fraction of sp³-hybridized carbons (Fsp3) is 0.824. The summed E-state index contributed by atoms with van der Waals surface area (Å²) in [6.07, 6.45) is 8.95. The number of aromatic nitrogens is 3. The molecular weight excluding hydrogens is 320 g/mol. The maximum atomic E-state index is 8.74. The van der Waals surface area contributed by atoms with E-state index in [9.17, 15) is 0 Å². The van der Waals surface area contributed by atoms with E-state index in [0.29, 0.717) is 25.8 Å². The Morgan fingerprint density at radius 3 is 2.96 bits per heavy atom. The first-order valence-electron chi connectivity index (χ1n) is 9.43. The second kappa shape index (κ2) is 11.8. The van der Waals surface area contributed by atoms with Crippen LogP contribution in [-0.2, 0) is 17.7 Å². The molecule has 8 nitrogen and oxygen atoms in total. The van der Waals surface area contributed by atoms with Crippen LogP contribution in [0.1, 0.15) is 44.9 Å². The van der Waals surface area contributed by atoms with Gasteiger partial charge in [-0.2, -0.15) is 0 Å². The van der Waals surface area contributed by atoms with Crippen LogP contribution in [0.3, 0.4) is 0 Å². The third kappa shape index (κ3) is 7.39. The van der Waals surface area contributed by atoms with Crippen molar-refractivity contribution >= 4 is 5.96 Å². The Balaban J connectivity index is 1.80. The summed E-state index contributed by atoms with van der Waals surface area (Å²) in [5.41, 5.74) is 0. The molecule has 0 aromatic carbocycles. The van der Waals surface area contributed by atoms with Crippen LogP contribution in [0.5, 0.6) is 0 Å². The quantitative estimate of drug-likeness (QED) is 0.326. The number of hydrogen-bond acceptors (Lipinski definition) is 5. The summed E-state index contributed by atoms with van der Waals surface area (Å²) in [6, 6.07) is 0.500. The zero-order chi connectivity index (χ0) is 17.7. The zero-order valence-electron chi connectivity index (χ0n) is 15.3. The van der Waals surface area contributed by atoms with Crippen molar-refractivity contribution in [2.45, 2.75) is 58.0 Å². The summed E-state index contributed by atoms with van der Waals surface area (Å²) in [7, 11) is 0. The lowest BCUT2D eigenvalue weighted by Gasteiger charge is -2.25. The molecule has 0 spiro atoms. The highest BCUT2D eigenvalue weighted by atomic mass is 16.5. The summed E-state index contributed by atoms with van der Waals surface area (Å²) in [5.74, 6) is 1.84. The lowest BCUT2D eigenvalue weighted by atomic mass is 9.96. The van der Waals surface area contributed by atoms with Crippen molar-refractivity contribution < 1.29 is 9.84 Å². The number of nitrogens with one attached hydrogen (secondary N) is 2. The Labute approximate surface area is 150 Å². The van der Waals surface area contributed by atoms with Crippen LogP contribution in [0.2, 0.25) is 0 Å². The number of aliphatic hydroxyl groups excluding tert-OH is 1. The van der Waals surface area contributed by atoms with Crippen molar-refractivity contribution in [3.63, 3.8) is 0 Å². The van der Waals surface area contributed by atoms with E-state index in [1.165, 1.54) is 32.1 Å². The van der Waals surface area contributed by atoms with E-state index in [-0.39, 0.29) is 6.61 Å². The van der Waals surface area contributed by atoms with Gasteiger partial charge in [0.15, 0.2) is 5.96 Å². The summed E-state index contributed by atoms with van der Waals surface area (Å²) in [5, 5.41) is 23.8. The molecule has 2 rings (SSSR count). The van der Waals surface area contributed by atoms with Crippen molar-refractivity contribution in [2.24, 2.45) is 4.99 Å². The first-order chi connectivity index (χ1) is 12.3. The monoisotopic (exact) mass is 352 g/mol. The first kappa shape index (κ1) is 19.7. The van der Waals surface area contributed by atoms with Gasteiger partial charge in [0.25, 0.3) is 0 Å². The molecule has 0 atom stereocenters. The van der Waals surface area contributed by atoms with E-state index in [2.05, 4.69) is 37.3 Å². The average Bonchev–Trinajstić information content (AvgIpc) is 3.09. The van der Waals surface area contributed by atoms with Crippen LogP contribution in [0, 0.1) is 0 Å². The number of ether oxygens (including phenoxy) is 1. The Morgan fingerprint density at radius 2 is 2.20 bits per heavy atom. The van der Waals surface area contributed by atoms with Crippen LogP contribution >= 0.6 is 0 Å². The number of aryl methyl sites for hydroxylation is 1. The predicted molar refractivity (Wildman–Crippen MR) is 97.6 cm³/mol. The molecule has 1 aliphatic carbocycles. The fourth-order valence-electron chi connectivity index (χ4n) is 3.02. The topological polar surface area (TPSA) is 96.6 Å². The molecule has 1 aromatic heterocycles.